The van der Waals surface area contributed by atoms with Crippen LogP contribution in [0.4, 0.5) is 4.79 Å². The lowest BCUT2D eigenvalue weighted by molar-refractivity contribution is -0.146. The fourth-order valence-electron chi connectivity index (χ4n) is 1.77. The average Bonchev–Trinajstić information content (AvgIpc) is 2.49. The quantitative estimate of drug-likeness (QED) is 0.592. The van der Waals surface area contributed by atoms with Crippen molar-refractivity contribution in [3.8, 4) is 0 Å². The molecule has 0 radical (unpaired) electrons. The van der Waals surface area contributed by atoms with E-state index in [9.17, 15) is 14.4 Å². The number of urea groups is 1. The maximum Gasteiger partial charge on any atom is 0.329 e. The highest BCUT2D eigenvalue weighted by molar-refractivity contribution is 6.30. The summed E-state index contributed by atoms with van der Waals surface area (Å²) in [5.74, 6) is -1.20. The maximum atomic E-state index is 12.0. The number of nitrogens with one attached hydrogen (secondary N) is 1. The number of rotatable bonds is 7. The summed E-state index contributed by atoms with van der Waals surface area (Å²) in [4.78, 5) is 34.9. The molecule has 0 aliphatic rings. The molecule has 6 nitrogen and oxygen atoms in total. The molecule has 0 unspecified atom stereocenters. The smallest absolute Gasteiger partial charge is 0.329 e. The van der Waals surface area contributed by atoms with Crippen LogP contribution in [0, 0.1) is 5.92 Å². The Labute approximate surface area is 134 Å². The number of hydrogen-bond donors (Lipinski definition) is 2. The minimum Gasteiger partial charge on any atom is -0.456 e. The van der Waals surface area contributed by atoms with Crippen LogP contribution < -0.4 is 11.1 Å². The third kappa shape index (κ3) is 5.37. The third-order valence-electron chi connectivity index (χ3n) is 3.28. The molecule has 1 rings (SSSR count). The predicted octanol–water partition coefficient (Wildman–Crippen LogP) is 2.15. The van der Waals surface area contributed by atoms with Crippen molar-refractivity contribution >= 4 is 29.4 Å². The van der Waals surface area contributed by atoms with Gasteiger partial charge in [0.15, 0.2) is 12.4 Å². The third-order valence-corrected chi connectivity index (χ3v) is 3.53. The minimum absolute atomic E-state index is 0.161. The topological polar surface area (TPSA) is 98.5 Å². The fraction of sp³-hybridized carbons (Fsp3) is 0.400. The zero-order chi connectivity index (χ0) is 16.7. The number of Topliss-reactive ketones (excluding diaryl/α,β-unsaturated/α-hetero) is 1. The maximum absolute atomic E-state index is 12.0. The van der Waals surface area contributed by atoms with E-state index in [1.165, 1.54) is 0 Å². The van der Waals surface area contributed by atoms with Crippen molar-refractivity contribution in [2.75, 3.05) is 6.61 Å². The number of halogens is 1. The molecule has 0 heterocycles. The molecule has 0 saturated heterocycles. The number of hydrogen-bond acceptors (Lipinski definition) is 4. The second-order valence-electron chi connectivity index (χ2n) is 4.91. The summed E-state index contributed by atoms with van der Waals surface area (Å²) in [6, 6.07) is 4.56. The molecular weight excluding hydrogens is 308 g/mol. The number of esters is 1. The molecule has 0 spiro atoms. The van der Waals surface area contributed by atoms with Gasteiger partial charge in [0, 0.05) is 10.6 Å². The number of carbonyl (C=O) groups excluding carboxylic acids is 3. The van der Waals surface area contributed by atoms with Crippen molar-refractivity contribution in [3.05, 3.63) is 34.9 Å². The van der Waals surface area contributed by atoms with E-state index in [4.69, 9.17) is 22.1 Å². The minimum atomic E-state index is -0.875. The van der Waals surface area contributed by atoms with E-state index in [2.05, 4.69) is 5.32 Å². The molecule has 2 amide bonds. The lowest BCUT2D eigenvalue weighted by atomic mass is 9.99. The second kappa shape index (κ2) is 8.38. The molecule has 0 aliphatic carbocycles. The van der Waals surface area contributed by atoms with E-state index in [1.807, 2.05) is 6.92 Å². The van der Waals surface area contributed by atoms with Crippen molar-refractivity contribution < 1.29 is 19.1 Å². The Morgan fingerprint density at radius 1 is 1.27 bits per heavy atom. The molecule has 1 aromatic carbocycles. The number of amides is 2. The van der Waals surface area contributed by atoms with Gasteiger partial charge in [-0.05, 0) is 30.2 Å². The van der Waals surface area contributed by atoms with Crippen molar-refractivity contribution in [1.82, 2.24) is 5.32 Å². The van der Waals surface area contributed by atoms with Crippen LogP contribution in [0.5, 0.6) is 0 Å². The number of ether oxygens (including phenoxy) is 1. The first-order valence-electron chi connectivity index (χ1n) is 6.86. The molecule has 3 N–H and O–H groups in total. The molecule has 0 fully saturated rings. The van der Waals surface area contributed by atoms with Gasteiger partial charge in [0.1, 0.15) is 6.04 Å². The number of nitrogens with two attached hydrogens (primary N) is 1. The van der Waals surface area contributed by atoms with Crippen molar-refractivity contribution in [1.29, 1.82) is 0 Å². The van der Waals surface area contributed by atoms with Crippen LogP contribution in [-0.4, -0.2) is 30.4 Å². The van der Waals surface area contributed by atoms with E-state index in [1.54, 1.807) is 31.2 Å². The summed E-state index contributed by atoms with van der Waals surface area (Å²) in [5, 5.41) is 2.85. The van der Waals surface area contributed by atoms with Crippen LogP contribution >= 0.6 is 11.6 Å². The predicted molar refractivity (Wildman–Crippen MR) is 82.7 cm³/mol. The molecule has 0 aromatic heterocycles. The first-order valence-corrected chi connectivity index (χ1v) is 7.24. The largest absolute Gasteiger partial charge is 0.456 e. The first kappa shape index (κ1) is 18.0. The Kier molecular flexibility index (Phi) is 6.85. The van der Waals surface area contributed by atoms with E-state index in [0.29, 0.717) is 17.0 Å². The lowest BCUT2D eigenvalue weighted by Crippen LogP contribution is -2.48. The van der Waals surface area contributed by atoms with Gasteiger partial charge < -0.3 is 15.8 Å². The van der Waals surface area contributed by atoms with Crippen LogP contribution in [-0.2, 0) is 9.53 Å². The van der Waals surface area contributed by atoms with Crippen LogP contribution in [0.2, 0.25) is 5.02 Å². The van der Waals surface area contributed by atoms with Crippen LogP contribution in [0.25, 0.3) is 0 Å². The van der Waals surface area contributed by atoms with E-state index in [-0.39, 0.29) is 11.7 Å². The molecule has 0 aliphatic heterocycles. The Bertz CT molecular complexity index is 545. The van der Waals surface area contributed by atoms with Gasteiger partial charge in [0.2, 0.25) is 0 Å². The SMILES string of the molecule is CC[C@@H](C)[C@@H](NC(N)=O)C(=O)OCC(=O)c1ccc(Cl)cc1. The molecule has 2 atom stereocenters. The molecule has 7 heteroatoms. The van der Waals surface area contributed by atoms with Gasteiger partial charge in [0.25, 0.3) is 0 Å². The van der Waals surface area contributed by atoms with Crippen LogP contribution in [0.1, 0.15) is 30.6 Å². The molecule has 1 aromatic rings. The summed E-state index contributed by atoms with van der Waals surface area (Å²) >= 11 is 5.74. The summed E-state index contributed by atoms with van der Waals surface area (Å²) in [6.45, 7) is 3.24. The van der Waals surface area contributed by atoms with Gasteiger partial charge in [-0.3, -0.25) is 4.79 Å². The Morgan fingerprint density at radius 3 is 2.36 bits per heavy atom. The standard InChI is InChI=1S/C15H19ClN2O4/c1-3-9(2)13(18-15(17)21)14(20)22-8-12(19)10-4-6-11(16)7-5-10/h4-7,9,13H,3,8H2,1-2H3,(H3,17,18,21)/t9-,13-/m1/s1. The first-order chi connectivity index (χ1) is 10.3. The second-order valence-corrected chi connectivity index (χ2v) is 5.35. The van der Waals surface area contributed by atoms with Crippen molar-refractivity contribution in [2.24, 2.45) is 11.7 Å². The Balaban J connectivity index is 2.63. The highest BCUT2D eigenvalue weighted by Crippen LogP contribution is 2.12. The van der Waals surface area contributed by atoms with Crippen molar-refractivity contribution in [2.45, 2.75) is 26.3 Å². The van der Waals surface area contributed by atoms with E-state index in [0.717, 1.165) is 0 Å². The molecular formula is C15H19ClN2O4. The highest BCUT2D eigenvalue weighted by Gasteiger charge is 2.27. The summed E-state index contributed by atoms with van der Waals surface area (Å²) in [5.41, 5.74) is 5.44. The molecule has 120 valence electrons. The molecule has 0 bridgehead atoms. The zero-order valence-electron chi connectivity index (χ0n) is 12.5. The van der Waals surface area contributed by atoms with Gasteiger partial charge in [0.05, 0.1) is 0 Å². The van der Waals surface area contributed by atoms with Gasteiger partial charge in [-0.25, -0.2) is 9.59 Å². The van der Waals surface area contributed by atoms with Crippen LogP contribution in [0.3, 0.4) is 0 Å². The van der Waals surface area contributed by atoms with Gasteiger partial charge >= 0.3 is 12.0 Å². The average molecular weight is 327 g/mol. The van der Waals surface area contributed by atoms with Gasteiger partial charge in [-0.2, -0.15) is 0 Å². The highest BCUT2D eigenvalue weighted by atomic mass is 35.5. The zero-order valence-corrected chi connectivity index (χ0v) is 13.2. The summed E-state index contributed by atoms with van der Waals surface area (Å²) in [6.07, 6.45) is 0.644. The van der Waals surface area contributed by atoms with Gasteiger partial charge in [-0.1, -0.05) is 31.9 Å². The number of ketones is 1. The molecule has 0 saturated carbocycles. The fourth-order valence-corrected chi connectivity index (χ4v) is 1.89. The van der Waals surface area contributed by atoms with Gasteiger partial charge in [-0.15, -0.1) is 0 Å². The summed E-state index contributed by atoms with van der Waals surface area (Å²) < 4.78 is 4.98. The summed E-state index contributed by atoms with van der Waals surface area (Å²) in [7, 11) is 0. The Hall–Kier alpha value is -2.08. The normalized spacial score (nSPS) is 13.0. The monoisotopic (exact) mass is 326 g/mol. The molecule has 22 heavy (non-hydrogen) atoms. The van der Waals surface area contributed by atoms with Crippen LogP contribution in [0.15, 0.2) is 24.3 Å². The number of carbonyl (C=O) groups is 3. The van der Waals surface area contributed by atoms with Crippen molar-refractivity contribution in [3.63, 3.8) is 0 Å². The lowest BCUT2D eigenvalue weighted by Gasteiger charge is -2.21. The number of benzene rings is 1. The van der Waals surface area contributed by atoms with E-state index >= 15 is 0 Å². The Morgan fingerprint density at radius 2 is 1.86 bits per heavy atom. The van der Waals surface area contributed by atoms with E-state index < -0.39 is 24.6 Å². The number of primary amides is 1.